The van der Waals surface area contributed by atoms with Crippen LogP contribution in [0.4, 0.5) is 0 Å². The summed E-state index contributed by atoms with van der Waals surface area (Å²) >= 11 is 0. The molecule has 0 aromatic carbocycles. The molecule has 53 radical (unpaired) electrons. The molecule has 0 nitrogen and oxygen atoms in total. The SMILES string of the molecule is [B]B([B])B(B([B])[B])B(B(B([B])[B])B([B])[B])B(B(B(B([B])[B])B([B])[B])B(B([B])[B])B([B])[B])B(B(B([B])[B])B([B])[B])B(B([B])[B])B([B][B-])B([B])[B-]. The zero-order chi connectivity index (χ0) is 39.0. The molecule has 0 rings (SSSR count). The van der Waals surface area contributed by atoms with Gasteiger partial charge in [0.1, 0.15) is 0 Å². The van der Waals surface area contributed by atoms with Crippen molar-refractivity contribution in [3.05, 3.63) is 0 Å². The average molecular weight is 530 g/mol. The molecule has 0 saturated carbocycles. The molecule has 149 valence electrons. The second-order valence-corrected chi connectivity index (χ2v) is 13.5. The molecule has 0 aromatic rings. The van der Waals surface area contributed by atoms with Crippen LogP contribution in [0.15, 0.2) is 0 Å². The van der Waals surface area contributed by atoms with Crippen molar-refractivity contribution in [2.45, 2.75) is 0 Å². The Morgan fingerprint density at radius 2 is 0.388 bits per heavy atom. The van der Waals surface area contributed by atoms with Crippen LogP contribution in [0.3, 0.4) is 0 Å². The first kappa shape index (κ1) is 52.2. The van der Waals surface area contributed by atoms with E-state index in [1.54, 1.807) is 0 Å². The zero-order valence-corrected chi connectivity index (χ0v) is 28.3. The Balaban J connectivity index is 9.41. The van der Waals surface area contributed by atoms with Crippen LogP contribution in [0.25, 0.3) is 0 Å². The maximum absolute atomic E-state index is 6.54. The summed E-state index contributed by atoms with van der Waals surface area (Å²) in [6, 6.07) is 0. The maximum Gasteiger partial charge on any atom is -0.000000000000000147 e. The summed E-state index contributed by atoms with van der Waals surface area (Å²) in [6.45, 7) is 0. The highest BCUT2D eigenvalue weighted by Crippen LogP contribution is 2.21. The predicted octanol–water partition coefficient (Wildman–Crippen LogP) is -18.7. The molecule has 49 heavy (non-hydrogen) atoms. The van der Waals surface area contributed by atoms with Gasteiger partial charge < -0.3 is 15.5 Å². The second-order valence-electron chi connectivity index (χ2n) is 13.5. The Morgan fingerprint density at radius 3 is 0.510 bits per heavy atom. The molecular formula is B49-2. The first-order chi connectivity index (χ1) is 22.3. The lowest BCUT2D eigenvalue weighted by Gasteiger charge is -2.58. The van der Waals surface area contributed by atoms with Crippen molar-refractivity contribution in [2.75, 3.05) is 0 Å². The van der Waals surface area contributed by atoms with E-state index in [9.17, 15) is 0 Å². The molecule has 0 spiro atoms. The fourth-order valence-electron chi connectivity index (χ4n) is 8.21. The topological polar surface area (TPSA) is 0 Å². The van der Waals surface area contributed by atoms with Gasteiger partial charge in [-0.25, -0.2) is 6.39 Å². The summed E-state index contributed by atoms with van der Waals surface area (Å²) in [4.78, 5) is 0. The highest BCUT2D eigenvalue weighted by Gasteiger charge is 2.59. The van der Waals surface area contributed by atoms with Gasteiger partial charge in [0.15, 0.2) is 0 Å². The first-order valence-electron chi connectivity index (χ1n) is 16.0. The Labute approximate surface area is 344 Å². The zero-order valence-electron chi connectivity index (χ0n) is 28.3. The van der Waals surface area contributed by atoms with Gasteiger partial charge in [0.05, 0.1) is 0 Å². The van der Waals surface area contributed by atoms with Crippen LogP contribution in [0, 0.1) is 0 Å². The fraction of sp³-hybridized carbons (Fsp3) is 0. The minimum absolute atomic E-state index is 1.02. The smallest absolute Gasteiger partial charge is 0.000000000000000147 e. The van der Waals surface area contributed by atoms with E-state index in [2.05, 4.69) is 0 Å². The highest BCUT2D eigenvalue weighted by atomic mass is 13.4. The number of hydrogen-bond donors (Lipinski definition) is 0. The maximum atomic E-state index is 6.54. The van der Waals surface area contributed by atoms with Gasteiger partial charge in [0.25, 0.3) is 0 Å². The van der Waals surface area contributed by atoms with Crippen LogP contribution in [-0.4, -0.2) is 347 Å². The number of rotatable bonds is 23. The van der Waals surface area contributed by atoms with Gasteiger partial charge in [-0.05, 0) is 312 Å². The van der Waals surface area contributed by atoms with Gasteiger partial charge in [-0.15, -0.1) is 0 Å². The van der Waals surface area contributed by atoms with E-state index < -0.39 is 147 Å². The van der Waals surface area contributed by atoms with Crippen molar-refractivity contribution in [1.29, 1.82) is 0 Å². The van der Waals surface area contributed by atoms with Crippen LogP contribution in [-0.2, 0) is 0 Å². The highest BCUT2D eigenvalue weighted by molar-refractivity contribution is 8.35. The number of hydrogen-bond acceptors (Lipinski definition) is 0. The van der Waals surface area contributed by atoms with E-state index >= 15 is 0 Å². The van der Waals surface area contributed by atoms with E-state index in [-0.39, 0.29) is 0 Å². The third-order valence-electron chi connectivity index (χ3n) is 10.0. The van der Waals surface area contributed by atoms with E-state index in [0.29, 0.717) is 0 Å². The second kappa shape index (κ2) is 24.1. The molecule has 0 atom stereocenters. The minimum Gasteiger partial charge on any atom is -0.690 e. The van der Waals surface area contributed by atoms with Crippen LogP contribution >= 0.6 is 0 Å². The Bertz CT molecular complexity index is 710. The van der Waals surface area contributed by atoms with Crippen molar-refractivity contribution in [2.24, 2.45) is 0 Å². The molecule has 0 aromatic heterocycles. The van der Waals surface area contributed by atoms with Crippen molar-refractivity contribution in [3.63, 3.8) is 0 Å². The Morgan fingerprint density at radius 1 is 0.245 bits per heavy atom. The van der Waals surface area contributed by atoms with Crippen LogP contribution in [0.5, 0.6) is 0 Å². The molecule has 0 aliphatic carbocycles. The summed E-state index contributed by atoms with van der Waals surface area (Å²) < 4.78 is 0. The first-order valence-corrected chi connectivity index (χ1v) is 16.0. The van der Waals surface area contributed by atoms with Crippen molar-refractivity contribution in [1.82, 2.24) is 0 Å². The molecule has 0 heterocycles. The summed E-state index contributed by atoms with van der Waals surface area (Å²) in [5, 5.41) is 0. The van der Waals surface area contributed by atoms with Gasteiger partial charge in [0, 0.05) is 0 Å². The van der Waals surface area contributed by atoms with Crippen molar-refractivity contribution >= 4 is 347 Å². The lowest BCUT2D eigenvalue weighted by Crippen LogP contribution is -2.95. The van der Waals surface area contributed by atoms with Gasteiger partial charge >= 0.3 is 0 Å². The summed E-state index contributed by atoms with van der Waals surface area (Å²) in [5.74, 6) is 0. The normalized spacial score (nSPS) is 9.67. The molecule has 0 aliphatic rings. The molecule has 0 fully saturated rings. The fourth-order valence-corrected chi connectivity index (χ4v) is 8.21. The van der Waals surface area contributed by atoms with Gasteiger partial charge in [-0.1, -0.05) is 6.39 Å². The van der Waals surface area contributed by atoms with Crippen LogP contribution < -0.4 is 0 Å². The third kappa shape index (κ3) is 14.3. The van der Waals surface area contributed by atoms with Gasteiger partial charge in [-0.2, -0.15) is 0 Å². The lowest BCUT2D eigenvalue weighted by atomic mass is 8.25. The van der Waals surface area contributed by atoms with E-state index in [4.69, 9.17) is 193 Å². The largest absolute Gasteiger partial charge is 0.690 e. The molecule has 0 unspecified atom stereocenters. The van der Waals surface area contributed by atoms with E-state index in [1.807, 2.05) is 0 Å². The third-order valence-corrected chi connectivity index (χ3v) is 10.0. The molecule has 0 N–H and O–H groups in total. The molecule has 0 amide bonds. The minimum atomic E-state index is -1.33. The lowest BCUT2D eigenvalue weighted by molar-refractivity contribution is 3.19. The van der Waals surface area contributed by atoms with Crippen molar-refractivity contribution in [3.8, 4) is 0 Å². The summed E-state index contributed by atoms with van der Waals surface area (Å²) in [6.07, 6.45) is -28.7. The van der Waals surface area contributed by atoms with Crippen molar-refractivity contribution < 1.29 is 0 Å². The molecular weight excluding hydrogens is 530 g/mol. The van der Waals surface area contributed by atoms with Crippen LogP contribution in [0.2, 0.25) is 0 Å². The Hall–Kier alpha value is 3.18. The van der Waals surface area contributed by atoms with E-state index in [1.165, 1.54) is 7.06 Å². The summed E-state index contributed by atoms with van der Waals surface area (Å²) in [5.41, 5.74) is 0. The molecule has 0 bridgehead atoms. The quantitative estimate of drug-likeness (QED) is 0.115. The molecule has 49 heteroatoms. The van der Waals surface area contributed by atoms with E-state index in [0.717, 1.165) is 0 Å². The predicted molar refractivity (Wildman–Crippen MR) is 282 cm³/mol. The standard InChI is InChI=1S/B49/c1-26-39(27(2)3)45(38(24)25)48(44(36(20)21)37(22)23)49(46(40(28(4)5)29(6)7)41(30(8)9)31(10)11)47(42(32(12)13)33(14)15)43(34(16)17)35(18)19/q-2. The van der Waals surface area contributed by atoms with Gasteiger partial charge in [0.2, 0.25) is 0 Å². The average Bonchev–Trinajstić information content (AvgIpc) is 2.88. The summed E-state index contributed by atoms with van der Waals surface area (Å²) in [7, 11) is 161. The monoisotopic (exact) mass is 539 g/mol. The Kier molecular flexibility index (Phi) is 25.6. The molecule has 0 aliphatic heterocycles. The van der Waals surface area contributed by atoms with Crippen LogP contribution in [0.1, 0.15) is 0 Å². The molecule has 0 saturated heterocycles. The van der Waals surface area contributed by atoms with Gasteiger partial charge in [-0.3, -0.25) is 7.06 Å².